The Balaban J connectivity index is 1.51. The number of piperidine rings is 1. The zero-order valence-corrected chi connectivity index (χ0v) is 12.7. The second-order valence-corrected chi connectivity index (χ2v) is 7.15. The van der Waals surface area contributed by atoms with Gasteiger partial charge >= 0.3 is 0 Å². The summed E-state index contributed by atoms with van der Waals surface area (Å²) >= 11 is 0. The van der Waals surface area contributed by atoms with Crippen LogP contribution in [0.5, 0.6) is 0 Å². The summed E-state index contributed by atoms with van der Waals surface area (Å²) in [5.74, 6) is 1.27. The second-order valence-electron chi connectivity index (χ2n) is 7.15. The number of rotatable bonds is 3. The molecular weight excluding hydrogens is 254 g/mol. The summed E-state index contributed by atoms with van der Waals surface area (Å²) in [4.78, 5) is 2.44. The van der Waals surface area contributed by atoms with E-state index in [0.717, 1.165) is 51.6 Å². The lowest BCUT2D eigenvalue weighted by atomic mass is 9.79. The summed E-state index contributed by atoms with van der Waals surface area (Å²) in [5, 5.41) is 10.8. The lowest BCUT2D eigenvalue weighted by Crippen LogP contribution is -2.50. The molecule has 4 nitrogen and oxygen atoms in total. The minimum Gasteiger partial charge on any atom is -0.389 e. The Bertz CT molecular complexity index is 309. The fourth-order valence-corrected chi connectivity index (χ4v) is 3.98. The van der Waals surface area contributed by atoms with E-state index in [2.05, 4.69) is 11.8 Å². The molecule has 3 aliphatic rings. The molecule has 20 heavy (non-hydrogen) atoms. The zero-order chi connectivity index (χ0) is 14.0. The highest BCUT2D eigenvalue weighted by Gasteiger charge is 2.37. The van der Waals surface area contributed by atoms with Gasteiger partial charge in [0, 0.05) is 19.0 Å². The summed E-state index contributed by atoms with van der Waals surface area (Å²) in [5.41, 5.74) is -0.453. The molecular formula is C16H29NO3. The average molecular weight is 283 g/mol. The van der Waals surface area contributed by atoms with Gasteiger partial charge in [-0.25, -0.2) is 0 Å². The van der Waals surface area contributed by atoms with E-state index >= 15 is 0 Å². The van der Waals surface area contributed by atoms with Crippen LogP contribution in [0.25, 0.3) is 0 Å². The first-order valence-electron chi connectivity index (χ1n) is 8.33. The van der Waals surface area contributed by atoms with Gasteiger partial charge < -0.3 is 19.5 Å². The van der Waals surface area contributed by atoms with Crippen molar-refractivity contribution in [3.8, 4) is 0 Å². The fraction of sp³-hybridized carbons (Fsp3) is 1.00. The van der Waals surface area contributed by atoms with E-state index in [1.165, 1.54) is 25.7 Å². The predicted molar refractivity (Wildman–Crippen MR) is 77.4 cm³/mol. The van der Waals surface area contributed by atoms with E-state index < -0.39 is 5.60 Å². The van der Waals surface area contributed by atoms with Crippen molar-refractivity contribution in [3.63, 3.8) is 0 Å². The third kappa shape index (κ3) is 3.53. The number of nitrogens with zero attached hydrogens (tertiary/aromatic N) is 1. The standard InChI is InChI=1S/C16H29NO3/c1-13-4-6-16(18,7-5-13)12-17-8-2-3-14(11-17)15-19-9-10-20-15/h13-15,18H,2-12H2,1H3. The Morgan fingerprint density at radius 2 is 1.85 bits per heavy atom. The predicted octanol–water partition coefficient (Wildman–Crippen LogP) is 2.01. The zero-order valence-electron chi connectivity index (χ0n) is 12.7. The highest BCUT2D eigenvalue weighted by molar-refractivity contribution is 4.89. The first-order valence-corrected chi connectivity index (χ1v) is 8.33. The maximum atomic E-state index is 10.8. The summed E-state index contributed by atoms with van der Waals surface area (Å²) in [6, 6.07) is 0. The highest BCUT2D eigenvalue weighted by Crippen LogP contribution is 2.34. The van der Waals surface area contributed by atoms with E-state index in [9.17, 15) is 5.11 Å². The number of hydrogen-bond acceptors (Lipinski definition) is 4. The molecule has 3 fully saturated rings. The van der Waals surface area contributed by atoms with E-state index in [1.54, 1.807) is 0 Å². The number of ether oxygens (including phenoxy) is 2. The molecule has 0 spiro atoms. The van der Waals surface area contributed by atoms with Gasteiger partial charge in [-0.1, -0.05) is 6.92 Å². The van der Waals surface area contributed by atoms with Gasteiger partial charge in [0.05, 0.1) is 18.8 Å². The van der Waals surface area contributed by atoms with Crippen LogP contribution in [0.3, 0.4) is 0 Å². The Labute approximate surface area is 122 Å². The van der Waals surface area contributed by atoms with E-state index in [-0.39, 0.29) is 6.29 Å². The van der Waals surface area contributed by atoms with Crippen molar-refractivity contribution < 1.29 is 14.6 Å². The smallest absolute Gasteiger partial charge is 0.161 e. The first-order chi connectivity index (χ1) is 9.65. The average Bonchev–Trinajstić information content (AvgIpc) is 2.97. The quantitative estimate of drug-likeness (QED) is 0.860. The number of likely N-dealkylation sites (tertiary alicyclic amines) is 1. The topological polar surface area (TPSA) is 41.9 Å². The van der Waals surface area contributed by atoms with Crippen LogP contribution in [0.1, 0.15) is 45.4 Å². The Kier molecular flexibility index (Phi) is 4.65. The molecule has 0 amide bonds. The van der Waals surface area contributed by atoms with Crippen molar-refractivity contribution in [2.24, 2.45) is 11.8 Å². The van der Waals surface area contributed by atoms with Crippen molar-refractivity contribution in [3.05, 3.63) is 0 Å². The monoisotopic (exact) mass is 283 g/mol. The molecule has 0 bridgehead atoms. The van der Waals surface area contributed by atoms with Gasteiger partial charge in [0.15, 0.2) is 6.29 Å². The molecule has 0 aromatic heterocycles. The van der Waals surface area contributed by atoms with Crippen LogP contribution in [0.15, 0.2) is 0 Å². The first kappa shape index (κ1) is 14.8. The molecule has 2 saturated heterocycles. The molecule has 0 aromatic carbocycles. The molecule has 0 radical (unpaired) electrons. The van der Waals surface area contributed by atoms with Crippen molar-refractivity contribution in [1.29, 1.82) is 0 Å². The molecule has 116 valence electrons. The lowest BCUT2D eigenvalue weighted by Gasteiger charge is -2.42. The second kappa shape index (κ2) is 6.30. The minimum atomic E-state index is -0.453. The van der Waals surface area contributed by atoms with E-state index in [1.807, 2.05) is 0 Å². The van der Waals surface area contributed by atoms with Gasteiger partial charge in [-0.15, -0.1) is 0 Å². The van der Waals surface area contributed by atoms with Crippen LogP contribution in [-0.4, -0.2) is 54.7 Å². The van der Waals surface area contributed by atoms with Crippen molar-refractivity contribution in [1.82, 2.24) is 4.90 Å². The van der Waals surface area contributed by atoms with Gasteiger partial charge in [0.1, 0.15) is 0 Å². The van der Waals surface area contributed by atoms with Crippen LogP contribution in [0.4, 0.5) is 0 Å². The van der Waals surface area contributed by atoms with Gasteiger partial charge in [0.2, 0.25) is 0 Å². The van der Waals surface area contributed by atoms with Gasteiger partial charge in [-0.2, -0.15) is 0 Å². The van der Waals surface area contributed by atoms with Crippen LogP contribution in [-0.2, 0) is 9.47 Å². The Hall–Kier alpha value is -0.160. The Morgan fingerprint density at radius 1 is 1.15 bits per heavy atom. The molecule has 1 N–H and O–H groups in total. The van der Waals surface area contributed by atoms with E-state index in [0.29, 0.717) is 5.92 Å². The van der Waals surface area contributed by atoms with Crippen molar-refractivity contribution in [2.45, 2.75) is 57.3 Å². The van der Waals surface area contributed by atoms with Gasteiger partial charge in [-0.05, 0) is 51.0 Å². The molecule has 1 aliphatic carbocycles. The molecule has 1 atom stereocenters. The summed E-state index contributed by atoms with van der Waals surface area (Å²) < 4.78 is 11.3. The maximum absolute atomic E-state index is 10.8. The van der Waals surface area contributed by atoms with Crippen LogP contribution in [0.2, 0.25) is 0 Å². The number of aliphatic hydroxyl groups is 1. The third-order valence-electron chi connectivity index (χ3n) is 5.30. The number of β-amino-alcohol motifs (C(OH)–C–C–N with tert-alkyl or cyclic N) is 1. The van der Waals surface area contributed by atoms with Gasteiger partial charge in [0.25, 0.3) is 0 Å². The molecule has 3 rings (SSSR count). The molecule has 2 aliphatic heterocycles. The SMILES string of the molecule is CC1CCC(O)(CN2CCCC(C3OCCO3)C2)CC1. The molecule has 0 aromatic rings. The maximum Gasteiger partial charge on any atom is 0.161 e. The molecule has 1 unspecified atom stereocenters. The lowest BCUT2D eigenvalue weighted by molar-refractivity contribution is -0.110. The normalized spacial score (nSPS) is 41.1. The van der Waals surface area contributed by atoms with Crippen LogP contribution < -0.4 is 0 Å². The van der Waals surface area contributed by atoms with Crippen LogP contribution >= 0.6 is 0 Å². The van der Waals surface area contributed by atoms with E-state index in [4.69, 9.17) is 9.47 Å². The van der Waals surface area contributed by atoms with Crippen molar-refractivity contribution >= 4 is 0 Å². The van der Waals surface area contributed by atoms with Crippen LogP contribution in [0, 0.1) is 11.8 Å². The molecule has 4 heteroatoms. The minimum absolute atomic E-state index is 0.00109. The van der Waals surface area contributed by atoms with Gasteiger partial charge in [-0.3, -0.25) is 0 Å². The number of hydrogen-bond donors (Lipinski definition) is 1. The summed E-state index contributed by atoms with van der Waals surface area (Å²) in [6.07, 6.45) is 6.65. The molecule has 2 heterocycles. The largest absolute Gasteiger partial charge is 0.389 e. The Morgan fingerprint density at radius 3 is 2.55 bits per heavy atom. The summed E-state index contributed by atoms with van der Waals surface area (Å²) in [6.45, 7) is 6.74. The van der Waals surface area contributed by atoms with Crippen molar-refractivity contribution in [2.75, 3.05) is 32.8 Å². The fourth-order valence-electron chi connectivity index (χ4n) is 3.98. The summed E-state index contributed by atoms with van der Waals surface area (Å²) in [7, 11) is 0. The highest BCUT2D eigenvalue weighted by atomic mass is 16.7. The molecule has 1 saturated carbocycles. The third-order valence-corrected chi connectivity index (χ3v) is 5.30.